The van der Waals surface area contributed by atoms with Crippen LogP contribution in [-0.4, -0.2) is 32.7 Å². The fourth-order valence-corrected chi connectivity index (χ4v) is 7.45. The van der Waals surface area contributed by atoms with E-state index in [1.54, 1.807) is 11.3 Å². The van der Waals surface area contributed by atoms with Crippen molar-refractivity contribution in [2.24, 2.45) is 0 Å². The number of aryl methyl sites for hydroxylation is 1. The standard InChI is InChI=1S/C38H29N5OS/c1-25-22-39-38(45-25)43-35-17-8-5-14-31(35)32-19-18-28(21-36(32)43)44-27-11-9-10-26(20-27)41-23-37(40(2)24-41)42-33-15-6-3-12-29(33)30-13-4-7-16-34(30)42/h3-23H,24H2,1-2H3. The molecule has 8 aromatic rings. The summed E-state index contributed by atoms with van der Waals surface area (Å²) in [7, 11) is 2.15. The van der Waals surface area contributed by atoms with E-state index in [1.807, 2.05) is 12.3 Å². The van der Waals surface area contributed by atoms with Crippen molar-refractivity contribution in [1.82, 2.24) is 19.0 Å². The summed E-state index contributed by atoms with van der Waals surface area (Å²) in [5.74, 6) is 2.72. The molecule has 0 bridgehead atoms. The molecule has 0 radical (unpaired) electrons. The van der Waals surface area contributed by atoms with Crippen molar-refractivity contribution >= 4 is 66.5 Å². The Morgan fingerprint density at radius 2 is 1.27 bits per heavy atom. The minimum Gasteiger partial charge on any atom is -0.457 e. The number of rotatable bonds is 5. The second-order valence-electron chi connectivity index (χ2n) is 11.6. The van der Waals surface area contributed by atoms with Gasteiger partial charge in [-0.05, 0) is 49.4 Å². The van der Waals surface area contributed by atoms with Crippen molar-refractivity contribution in [2.75, 3.05) is 18.6 Å². The molecule has 45 heavy (non-hydrogen) atoms. The fraction of sp³-hybridized carbons (Fsp3) is 0.0789. The Kier molecular flexibility index (Phi) is 5.76. The SMILES string of the molecule is Cc1cnc(-n2c3ccccc3c3ccc(Oc4cccc(N5C=C(n6c7ccccc7c7ccccc76)N(C)C5)c4)cc32)s1. The third-order valence-electron chi connectivity index (χ3n) is 8.67. The lowest BCUT2D eigenvalue weighted by Gasteiger charge is -2.20. The van der Waals surface area contributed by atoms with Gasteiger partial charge in [-0.15, -0.1) is 11.3 Å². The van der Waals surface area contributed by atoms with Gasteiger partial charge in [-0.3, -0.25) is 9.13 Å². The van der Waals surface area contributed by atoms with Gasteiger partial charge in [0.1, 0.15) is 17.3 Å². The summed E-state index contributed by atoms with van der Waals surface area (Å²) in [6.07, 6.45) is 4.17. The lowest BCUT2D eigenvalue weighted by Crippen LogP contribution is -2.24. The van der Waals surface area contributed by atoms with Crippen LogP contribution in [0.4, 0.5) is 5.69 Å². The van der Waals surface area contributed by atoms with E-state index in [0.717, 1.165) is 45.8 Å². The third-order valence-corrected chi connectivity index (χ3v) is 9.56. The number of aromatic nitrogens is 3. The Labute approximate surface area is 264 Å². The van der Waals surface area contributed by atoms with Crippen LogP contribution >= 0.6 is 11.3 Å². The van der Waals surface area contributed by atoms with E-state index in [1.165, 1.54) is 37.5 Å². The van der Waals surface area contributed by atoms with Gasteiger partial charge < -0.3 is 14.5 Å². The van der Waals surface area contributed by atoms with Crippen molar-refractivity contribution in [3.8, 4) is 16.6 Å². The number of thiazole rings is 1. The molecule has 7 heteroatoms. The van der Waals surface area contributed by atoms with Gasteiger partial charge in [-0.25, -0.2) is 4.98 Å². The van der Waals surface area contributed by atoms with Crippen molar-refractivity contribution < 1.29 is 4.74 Å². The molecule has 0 spiro atoms. The van der Waals surface area contributed by atoms with Gasteiger partial charge in [0, 0.05) is 63.7 Å². The van der Waals surface area contributed by atoms with E-state index in [2.05, 4.69) is 148 Å². The molecule has 5 aromatic carbocycles. The first-order valence-corrected chi connectivity index (χ1v) is 15.9. The molecule has 0 amide bonds. The molecule has 0 saturated carbocycles. The zero-order valence-electron chi connectivity index (χ0n) is 24.9. The summed E-state index contributed by atoms with van der Waals surface area (Å²) in [5.41, 5.74) is 5.71. The molecule has 0 unspecified atom stereocenters. The highest BCUT2D eigenvalue weighted by molar-refractivity contribution is 7.14. The maximum Gasteiger partial charge on any atom is 0.194 e. The maximum absolute atomic E-state index is 6.52. The van der Waals surface area contributed by atoms with Crippen LogP contribution in [0.3, 0.4) is 0 Å². The van der Waals surface area contributed by atoms with Crippen molar-refractivity contribution in [2.45, 2.75) is 6.92 Å². The van der Waals surface area contributed by atoms with Crippen LogP contribution in [-0.2, 0) is 0 Å². The highest BCUT2D eigenvalue weighted by Crippen LogP contribution is 2.38. The maximum atomic E-state index is 6.52. The van der Waals surface area contributed by atoms with E-state index in [4.69, 9.17) is 9.72 Å². The topological polar surface area (TPSA) is 38.5 Å². The van der Waals surface area contributed by atoms with Crippen LogP contribution in [0.2, 0.25) is 0 Å². The van der Waals surface area contributed by atoms with Crippen LogP contribution in [0.15, 0.2) is 128 Å². The van der Waals surface area contributed by atoms with Crippen LogP contribution in [0, 0.1) is 6.92 Å². The molecule has 218 valence electrons. The minimum absolute atomic E-state index is 0.735. The molecule has 4 heterocycles. The van der Waals surface area contributed by atoms with Gasteiger partial charge in [0.25, 0.3) is 0 Å². The van der Waals surface area contributed by atoms with Crippen LogP contribution < -0.4 is 9.64 Å². The molecule has 0 saturated heterocycles. The predicted octanol–water partition coefficient (Wildman–Crippen LogP) is 9.61. The van der Waals surface area contributed by atoms with Crippen LogP contribution in [0.1, 0.15) is 4.88 Å². The normalized spacial score (nSPS) is 13.5. The lowest BCUT2D eigenvalue weighted by atomic mass is 10.1. The molecular formula is C38H29N5OS. The number of para-hydroxylation sites is 3. The first-order valence-electron chi connectivity index (χ1n) is 15.0. The first-order chi connectivity index (χ1) is 22.1. The van der Waals surface area contributed by atoms with Crippen molar-refractivity contribution in [1.29, 1.82) is 0 Å². The summed E-state index contributed by atoms with van der Waals surface area (Å²) in [6, 6.07) is 40.4. The fourth-order valence-electron chi connectivity index (χ4n) is 6.66. The Morgan fingerprint density at radius 1 is 0.644 bits per heavy atom. The summed E-state index contributed by atoms with van der Waals surface area (Å²) in [6.45, 7) is 2.83. The van der Waals surface area contributed by atoms with Crippen LogP contribution in [0.5, 0.6) is 11.5 Å². The summed E-state index contributed by atoms with van der Waals surface area (Å²) < 4.78 is 11.1. The average Bonchev–Trinajstić information content (AvgIpc) is 3.83. The van der Waals surface area contributed by atoms with Gasteiger partial charge in [0.2, 0.25) is 0 Å². The minimum atomic E-state index is 0.735. The molecular weight excluding hydrogens is 575 g/mol. The number of ether oxygens (including phenoxy) is 1. The molecule has 0 atom stereocenters. The molecule has 6 nitrogen and oxygen atoms in total. The average molecular weight is 604 g/mol. The quantitative estimate of drug-likeness (QED) is 0.196. The van der Waals surface area contributed by atoms with Gasteiger partial charge in [-0.1, -0.05) is 60.7 Å². The number of hydrogen-bond acceptors (Lipinski definition) is 5. The molecule has 3 aromatic heterocycles. The van der Waals surface area contributed by atoms with E-state index in [0.29, 0.717) is 0 Å². The highest BCUT2D eigenvalue weighted by Gasteiger charge is 2.24. The summed E-state index contributed by atoms with van der Waals surface area (Å²) in [5, 5.41) is 5.87. The number of anilines is 1. The summed E-state index contributed by atoms with van der Waals surface area (Å²) >= 11 is 1.70. The number of fused-ring (bicyclic) bond motifs is 6. The van der Waals surface area contributed by atoms with E-state index >= 15 is 0 Å². The third kappa shape index (κ3) is 4.12. The molecule has 1 aliphatic rings. The van der Waals surface area contributed by atoms with Gasteiger partial charge in [-0.2, -0.15) is 0 Å². The monoisotopic (exact) mass is 603 g/mol. The Morgan fingerprint density at radius 3 is 1.93 bits per heavy atom. The highest BCUT2D eigenvalue weighted by atomic mass is 32.1. The van der Waals surface area contributed by atoms with Gasteiger partial charge in [0.05, 0.1) is 28.7 Å². The molecule has 0 aliphatic carbocycles. The first kappa shape index (κ1) is 25.9. The number of benzene rings is 5. The second-order valence-corrected chi connectivity index (χ2v) is 12.8. The van der Waals surface area contributed by atoms with E-state index in [-0.39, 0.29) is 0 Å². The second kappa shape index (κ2) is 10.0. The lowest BCUT2D eigenvalue weighted by molar-refractivity contribution is 0.481. The molecule has 1 aliphatic heterocycles. The van der Waals surface area contributed by atoms with E-state index in [9.17, 15) is 0 Å². The zero-order valence-corrected chi connectivity index (χ0v) is 25.7. The van der Waals surface area contributed by atoms with Crippen molar-refractivity contribution in [3.63, 3.8) is 0 Å². The Bertz CT molecular complexity index is 2390. The summed E-state index contributed by atoms with van der Waals surface area (Å²) in [4.78, 5) is 10.5. The molecule has 0 fully saturated rings. The number of nitrogens with zero attached hydrogens (tertiary/aromatic N) is 5. The number of hydrogen-bond donors (Lipinski definition) is 0. The smallest absolute Gasteiger partial charge is 0.194 e. The van der Waals surface area contributed by atoms with Gasteiger partial charge >= 0.3 is 0 Å². The zero-order chi connectivity index (χ0) is 30.1. The van der Waals surface area contributed by atoms with E-state index < -0.39 is 0 Å². The van der Waals surface area contributed by atoms with Gasteiger partial charge in [0.15, 0.2) is 5.13 Å². The molecule has 9 rings (SSSR count). The predicted molar refractivity (Wildman–Crippen MR) is 187 cm³/mol. The van der Waals surface area contributed by atoms with Crippen molar-refractivity contribution in [3.05, 3.63) is 133 Å². The van der Waals surface area contributed by atoms with Crippen LogP contribution in [0.25, 0.3) is 54.6 Å². The Balaban J connectivity index is 1.08. The largest absolute Gasteiger partial charge is 0.457 e. The Hall–Kier alpha value is -5.53. The molecule has 0 N–H and O–H groups in total.